The first-order valence-corrected chi connectivity index (χ1v) is 6.59. The van der Waals surface area contributed by atoms with Crippen LogP contribution in [0, 0.1) is 23.0 Å². The number of aromatic nitrogens is 1. The summed E-state index contributed by atoms with van der Waals surface area (Å²) in [5, 5.41) is 9.51. The van der Waals surface area contributed by atoms with E-state index in [1.807, 2.05) is 0 Å². The topological polar surface area (TPSA) is 36.7 Å². The minimum Gasteiger partial charge on any atom is -0.263 e. The van der Waals surface area contributed by atoms with Crippen molar-refractivity contribution in [1.82, 2.24) is 4.98 Å². The third kappa shape index (κ3) is 2.57. The Kier molecular flexibility index (Phi) is 3.63. The van der Waals surface area contributed by atoms with Crippen molar-refractivity contribution in [2.45, 2.75) is 0 Å². The van der Waals surface area contributed by atoms with Crippen molar-refractivity contribution >= 4 is 0 Å². The van der Waals surface area contributed by atoms with Crippen LogP contribution in [0.4, 0.5) is 8.78 Å². The fourth-order valence-electron chi connectivity index (χ4n) is 2.28. The van der Waals surface area contributed by atoms with Crippen LogP contribution in [0.2, 0.25) is 0 Å². The summed E-state index contributed by atoms with van der Waals surface area (Å²) >= 11 is 0. The number of nitrogens with zero attached hydrogens (tertiary/aromatic N) is 2. The van der Waals surface area contributed by atoms with Crippen LogP contribution in [-0.2, 0) is 0 Å². The number of nitriles is 1. The summed E-state index contributed by atoms with van der Waals surface area (Å²) in [6, 6.07) is 13.9. The van der Waals surface area contributed by atoms with Gasteiger partial charge in [-0.2, -0.15) is 5.26 Å². The smallest absolute Gasteiger partial charge is 0.123 e. The summed E-state index contributed by atoms with van der Waals surface area (Å²) in [5.41, 5.74) is 3.06. The Morgan fingerprint density at radius 2 is 1.14 bits per heavy atom. The van der Waals surface area contributed by atoms with Crippen LogP contribution in [0.5, 0.6) is 0 Å². The van der Waals surface area contributed by atoms with Crippen LogP contribution in [0.1, 0.15) is 5.56 Å². The van der Waals surface area contributed by atoms with E-state index in [1.54, 1.807) is 36.7 Å². The maximum atomic E-state index is 13.1. The summed E-state index contributed by atoms with van der Waals surface area (Å²) in [6.07, 6.45) is 3.14. The molecule has 4 heteroatoms. The fraction of sp³-hybridized carbons (Fsp3) is 0. The summed E-state index contributed by atoms with van der Waals surface area (Å²) in [5.74, 6) is -0.685. The van der Waals surface area contributed by atoms with E-state index < -0.39 is 0 Å². The average Bonchev–Trinajstić information content (AvgIpc) is 2.55. The minimum absolute atomic E-state index is 0.343. The van der Waals surface area contributed by atoms with Gasteiger partial charge in [0.25, 0.3) is 0 Å². The molecule has 2 aromatic carbocycles. The summed E-state index contributed by atoms with van der Waals surface area (Å²) < 4.78 is 26.1. The van der Waals surface area contributed by atoms with Gasteiger partial charge in [0.2, 0.25) is 0 Å². The van der Waals surface area contributed by atoms with E-state index in [0.717, 1.165) is 0 Å². The lowest BCUT2D eigenvalue weighted by Gasteiger charge is -2.09. The predicted molar refractivity (Wildman–Crippen MR) is 79.7 cm³/mol. The molecular weight excluding hydrogens is 282 g/mol. The van der Waals surface area contributed by atoms with E-state index in [2.05, 4.69) is 11.1 Å². The second-order valence-electron chi connectivity index (χ2n) is 4.74. The maximum Gasteiger partial charge on any atom is 0.123 e. The molecule has 0 amide bonds. The quantitative estimate of drug-likeness (QED) is 0.694. The molecule has 0 saturated heterocycles. The highest BCUT2D eigenvalue weighted by Crippen LogP contribution is 2.31. The Morgan fingerprint density at radius 3 is 1.50 bits per heavy atom. The zero-order chi connectivity index (χ0) is 15.5. The van der Waals surface area contributed by atoms with E-state index >= 15 is 0 Å². The molecule has 0 radical (unpaired) electrons. The first kappa shape index (κ1) is 13.9. The molecule has 2 nitrogen and oxygen atoms in total. The van der Waals surface area contributed by atoms with Gasteiger partial charge >= 0.3 is 0 Å². The van der Waals surface area contributed by atoms with Crippen molar-refractivity contribution in [3.8, 4) is 28.3 Å². The summed E-state index contributed by atoms with van der Waals surface area (Å²) in [7, 11) is 0. The van der Waals surface area contributed by atoms with E-state index in [4.69, 9.17) is 0 Å². The zero-order valence-corrected chi connectivity index (χ0v) is 11.4. The second-order valence-corrected chi connectivity index (χ2v) is 4.74. The molecule has 1 aromatic heterocycles. The van der Waals surface area contributed by atoms with Gasteiger partial charge in [0.05, 0.1) is 5.56 Å². The third-order valence-electron chi connectivity index (χ3n) is 3.37. The molecule has 22 heavy (non-hydrogen) atoms. The van der Waals surface area contributed by atoms with Crippen molar-refractivity contribution in [1.29, 1.82) is 5.26 Å². The highest BCUT2D eigenvalue weighted by molar-refractivity contribution is 5.80. The van der Waals surface area contributed by atoms with Gasteiger partial charge in [-0.1, -0.05) is 24.3 Å². The number of benzene rings is 2. The molecule has 0 aliphatic heterocycles. The molecule has 0 aliphatic rings. The van der Waals surface area contributed by atoms with Gasteiger partial charge in [0.1, 0.15) is 17.7 Å². The van der Waals surface area contributed by atoms with Crippen molar-refractivity contribution in [2.75, 3.05) is 0 Å². The number of rotatable bonds is 2. The summed E-state index contributed by atoms with van der Waals surface area (Å²) in [6.45, 7) is 0. The van der Waals surface area contributed by atoms with Crippen LogP contribution in [0.15, 0.2) is 60.9 Å². The second kappa shape index (κ2) is 5.74. The van der Waals surface area contributed by atoms with Crippen LogP contribution in [-0.4, -0.2) is 4.98 Å². The van der Waals surface area contributed by atoms with Gasteiger partial charge in [-0.15, -0.1) is 0 Å². The van der Waals surface area contributed by atoms with Crippen molar-refractivity contribution in [2.24, 2.45) is 0 Å². The first-order valence-electron chi connectivity index (χ1n) is 6.59. The fourth-order valence-corrected chi connectivity index (χ4v) is 2.28. The highest BCUT2D eigenvalue weighted by Gasteiger charge is 2.12. The molecule has 0 N–H and O–H groups in total. The molecule has 1 heterocycles. The van der Waals surface area contributed by atoms with Gasteiger partial charge in [-0.3, -0.25) is 4.98 Å². The van der Waals surface area contributed by atoms with Crippen LogP contribution in [0.3, 0.4) is 0 Å². The third-order valence-corrected chi connectivity index (χ3v) is 3.37. The Morgan fingerprint density at radius 1 is 0.727 bits per heavy atom. The molecule has 106 valence electrons. The number of halogens is 2. The maximum absolute atomic E-state index is 13.1. The Balaban J connectivity index is 2.18. The Bertz CT molecular complexity index is 784. The van der Waals surface area contributed by atoms with Gasteiger partial charge in [0.15, 0.2) is 0 Å². The Hall–Kier alpha value is -3.06. The molecule has 0 unspecified atom stereocenters. The molecular formula is C18H10F2N2. The van der Waals surface area contributed by atoms with Crippen molar-refractivity contribution in [3.05, 3.63) is 78.1 Å². The predicted octanol–water partition coefficient (Wildman–Crippen LogP) is 4.57. The van der Waals surface area contributed by atoms with Crippen molar-refractivity contribution in [3.63, 3.8) is 0 Å². The molecule has 3 aromatic rings. The molecule has 0 bridgehead atoms. The van der Waals surface area contributed by atoms with Gasteiger partial charge < -0.3 is 0 Å². The van der Waals surface area contributed by atoms with E-state index in [-0.39, 0.29) is 11.6 Å². The lowest BCUT2D eigenvalue weighted by Crippen LogP contribution is -1.92. The molecule has 0 atom stereocenters. The van der Waals surface area contributed by atoms with Crippen molar-refractivity contribution < 1.29 is 8.78 Å². The largest absolute Gasteiger partial charge is 0.263 e. The first-order chi connectivity index (χ1) is 10.7. The van der Waals surface area contributed by atoms with E-state index in [0.29, 0.717) is 27.8 Å². The molecule has 3 rings (SSSR count). The SMILES string of the molecule is N#Cc1c(-c2ccc(F)cc2)cncc1-c1ccc(F)cc1. The minimum atomic E-state index is -0.343. The lowest BCUT2D eigenvalue weighted by molar-refractivity contribution is 0.627. The normalized spacial score (nSPS) is 10.2. The van der Waals surface area contributed by atoms with Crippen LogP contribution in [0.25, 0.3) is 22.3 Å². The molecule has 0 aliphatic carbocycles. The molecule has 0 saturated carbocycles. The van der Waals surface area contributed by atoms with Crippen LogP contribution < -0.4 is 0 Å². The average molecular weight is 292 g/mol. The monoisotopic (exact) mass is 292 g/mol. The van der Waals surface area contributed by atoms with Gasteiger partial charge in [-0.25, -0.2) is 8.78 Å². The summed E-state index contributed by atoms with van der Waals surface area (Å²) in [4.78, 5) is 4.15. The van der Waals surface area contributed by atoms with E-state index in [9.17, 15) is 14.0 Å². The Labute approximate surface area is 126 Å². The van der Waals surface area contributed by atoms with Crippen LogP contribution >= 0.6 is 0 Å². The number of hydrogen-bond donors (Lipinski definition) is 0. The molecule has 0 spiro atoms. The zero-order valence-electron chi connectivity index (χ0n) is 11.4. The van der Waals surface area contributed by atoms with Gasteiger partial charge in [0, 0.05) is 23.5 Å². The van der Waals surface area contributed by atoms with Gasteiger partial charge in [-0.05, 0) is 35.4 Å². The highest BCUT2D eigenvalue weighted by atomic mass is 19.1. The number of hydrogen-bond acceptors (Lipinski definition) is 2. The number of pyridine rings is 1. The van der Waals surface area contributed by atoms with E-state index in [1.165, 1.54) is 24.3 Å². The lowest BCUT2D eigenvalue weighted by atomic mass is 9.95. The molecule has 0 fully saturated rings. The standard InChI is InChI=1S/C18H10F2N2/c19-14-5-1-12(2-6-14)17-10-22-11-18(16(17)9-21)13-3-7-15(20)8-4-13/h1-8,10-11H.